The van der Waals surface area contributed by atoms with Gasteiger partial charge in [0.15, 0.2) is 0 Å². The summed E-state index contributed by atoms with van der Waals surface area (Å²) in [6, 6.07) is 21.5. The molecular formula is C22H14O6. The van der Waals surface area contributed by atoms with Crippen molar-refractivity contribution in [1.29, 1.82) is 0 Å². The van der Waals surface area contributed by atoms with Crippen molar-refractivity contribution in [2.45, 2.75) is 0 Å². The zero-order chi connectivity index (χ0) is 19.9. The number of hydrogen-bond acceptors (Lipinski definition) is 6. The Labute approximate surface area is 160 Å². The first-order chi connectivity index (χ1) is 13.5. The van der Waals surface area contributed by atoms with Gasteiger partial charge in [0.2, 0.25) is 0 Å². The molecule has 0 aromatic heterocycles. The van der Waals surface area contributed by atoms with Crippen LogP contribution in [0, 0.1) is 0 Å². The first kappa shape index (κ1) is 18.7. The maximum atomic E-state index is 12.2. The summed E-state index contributed by atoms with van der Waals surface area (Å²) in [6.45, 7) is 0. The van der Waals surface area contributed by atoms with E-state index in [0.29, 0.717) is 0 Å². The zero-order valence-corrected chi connectivity index (χ0v) is 14.5. The number of rotatable bonds is 4. The minimum Gasteiger partial charge on any atom is -0.386 e. The Hall–Kier alpha value is -4.06. The molecule has 0 aliphatic carbocycles. The highest BCUT2D eigenvalue weighted by Crippen LogP contribution is 2.12. The molecule has 0 spiro atoms. The SMILES string of the molecule is O=C(OC(=O)c1cccc(C(=O)OC(=O)c2ccccc2)c1)c1ccccc1. The van der Waals surface area contributed by atoms with E-state index >= 15 is 0 Å². The molecule has 0 saturated heterocycles. The van der Waals surface area contributed by atoms with Gasteiger partial charge < -0.3 is 9.47 Å². The van der Waals surface area contributed by atoms with Gasteiger partial charge in [-0.1, -0.05) is 42.5 Å². The summed E-state index contributed by atoms with van der Waals surface area (Å²) in [7, 11) is 0. The van der Waals surface area contributed by atoms with Crippen LogP contribution in [0.4, 0.5) is 0 Å². The predicted octanol–water partition coefficient (Wildman–Crippen LogP) is 3.68. The molecule has 0 aliphatic heterocycles. The van der Waals surface area contributed by atoms with Gasteiger partial charge >= 0.3 is 23.9 Å². The third-order valence-corrected chi connectivity index (χ3v) is 3.72. The minimum atomic E-state index is -0.919. The summed E-state index contributed by atoms with van der Waals surface area (Å²) < 4.78 is 9.62. The van der Waals surface area contributed by atoms with Crippen LogP contribution in [0.3, 0.4) is 0 Å². The van der Waals surface area contributed by atoms with Gasteiger partial charge in [0, 0.05) is 0 Å². The van der Waals surface area contributed by atoms with Crippen molar-refractivity contribution < 1.29 is 28.7 Å². The first-order valence-electron chi connectivity index (χ1n) is 8.28. The third kappa shape index (κ3) is 4.56. The van der Waals surface area contributed by atoms with Crippen LogP contribution in [0.2, 0.25) is 0 Å². The molecule has 3 aromatic carbocycles. The van der Waals surface area contributed by atoms with Crippen LogP contribution in [-0.2, 0) is 9.47 Å². The van der Waals surface area contributed by atoms with Gasteiger partial charge in [-0.3, -0.25) is 0 Å². The lowest BCUT2D eigenvalue weighted by Crippen LogP contribution is -2.15. The Morgan fingerprint density at radius 3 is 1.14 bits per heavy atom. The lowest BCUT2D eigenvalue weighted by Gasteiger charge is -2.06. The van der Waals surface area contributed by atoms with Gasteiger partial charge in [0.1, 0.15) is 0 Å². The molecule has 0 unspecified atom stereocenters. The molecule has 28 heavy (non-hydrogen) atoms. The van der Waals surface area contributed by atoms with Crippen LogP contribution in [0.15, 0.2) is 84.9 Å². The molecule has 0 saturated carbocycles. The van der Waals surface area contributed by atoms with Crippen molar-refractivity contribution in [2.75, 3.05) is 0 Å². The van der Waals surface area contributed by atoms with E-state index in [1.807, 2.05) is 0 Å². The van der Waals surface area contributed by atoms with Gasteiger partial charge in [0.25, 0.3) is 0 Å². The van der Waals surface area contributed by atoms with E-state index in [2.05, 4.69) is 0 Å². The minimum absolute atomic E-state index is 0.0223. The molecule has 6 nitrogen and oxygen atoms in total. The van der Waals surface area contributed by atoms with Gasteiger partial charge in [0.05, 0.1) is 22.3 Å². The molecule has 0 fully saturated rings. The molecule has 3 aromatic rings. The Bertz CT molecular complexity index is 944. The average molecular weight is 374 g/mol. The molecule has 0 bridgehead atoms. The molecule has 0 amide bonds. The average Bonchev–Trinajstić information content (AvgIpc) is 2.75. The fraction of sp³-hybridized carbons (Fsp3) is 0. The van der Waals surface area contributed by atoms with E-state index in [-0.39, 0.29) is 22.3 Å². The quantitative estimate of drug-likeness (QED) is 0.511. The van der Waals surface area contributed by atoms with Gasteiger partial charge in [-0.15, -0.1) is 0 Å². The second-order valence-electron chi connectivity index (χ2n) is 5.67. The molecular weight excluding hydrogens is 360 g/mol. The van der Waals surface area contributed by atoms with Crippen LogP contribution in [0.25, 0.3) is 0 Å². The highest BCUT2D eigenvalue weighted by atomic mass is 16.6. The van der Waals surface area contributed by atoms with Crippen molar-refractivity contribution in [1.82, 2.24) is 0 Å². The summed E-state index contributed by atoms with van der Waals surface area (Å²) in [6.07, 6.45) is 0. The second-order valence-corrected chi connectivity index (χ2v) is 5.67. The standard InChI is InChI=1S/C22H14O6/c23-19(15-8-3-1-4-9-15)27-21(25)17-12-7-13-18(14-17)22(26)28-20(24)16-10-5-2-6-11-16/h1-14H. The Morgan fingerprint density at radius 2 is 0.750 bits per heavy atom. The lowest BCUT2D eigenvalue weighted by molar-refractivity contribution is 0.0386. The molecule has 0 N–H and O–H groups in total. The van der Waals surface area contributed by atoms with Gasteiger partial charge in [-0.2, -0.15) is 0 Å². The number of hydrogen-bond donors (Lipinski definition) is 0. The van der Waals surface area contributed by atoms with E-state index in [0.717, 1.165) is 0 Å². The normalized spacial score (nSPS) is 10.0. The highest BCUT2D eigenvalue weighted by Gasteiger charge is 2.19. The maximum Gasteiger partial charge on any atom is 0.346 e. The largest absolute Gasteiger partial charge is 0.386 e. The van der Waals surface area contributed by atoms with Crippen molar-refractivity contribution in [3.63, 3.8) is 0 Å². The number of carbonyl (C=O) groups excluding carboxylic acids is 4. The smallest absolute Gasteiger partial charge is 0.346 e. The predicted molar refractivity (Wildman–Crippen MR) is 98.8 cm³/mol. The van der Waals surface area contributed by atoms with Crippen LogP contribution >= 0.6 is 0 Å². The number of ether oxygens (including phenoxy) is 2. The van der Waals surface area contributed by atoms with Crippen molar-refractivity contribution in [3.05, 3.63) is 107 Å². The van der Waals surface area contributed by atoms with E-state index in [4.69, 9.17) is 9.47 Å². The van der Waals surface area contributed by atoms with E-state index in [9.17, 15) is 19.2 Å². The lowest BCUT2D eigenvalue weighted by atomic mass is 10.1. The number of esters is 4. The molecule has 0 atom stereocenters. The van der Waals surface area contributed by atoms with Crippen molar-refractivity contribution >= 4 is 23.9 Å². The topological polar surface area (TPSA) is 86.7 Å². The van der Waals surface area contributed by atoms with Crippen molar-refractivity contribution in [2.24, 2.45) is 0 Å². The van der Waals surface area contributed by atoms with Crippen LogP contribution in [0.1, 0.15) is 41.4 Å². The van der Waals surface area contributed by atoms with Crippen molar-refractivity contribution in [3.8, 4) is 0 Å². The summed E-state index contributed by atoms with van der Waals surface area (Å²) in [4.78, 5) is 48.3. The Kier molecular flexibility index (Phi) is 5.72. The molecule has 138 valence electrons. The first-order valence-corrected chi connectivity index (χ1v) is 8.28. The monoisotopic (exact) mass is 374 g/mol. The van der Waals surface area contributed by atoms with E-state index in [1.54, 1.807) is 36.4 Å². The summed E-state index contributed by atoms with van der Waals surface area (Å²) >= 11 is 0. The molecule has 0 radical (unpaired) electrons. The summed E-state index contributed by atoms with van der Waals surface area (Å²) in [5.74, 6) is -3.45. The van der Waals surface area contributed by atoms with Gasteiger partial charge in [-0.05, 0) is 42.5 Å². The Balaban J connectivity index is 1.69. The van der Waals surface area contributed by atoms with Crippen LogP contribution in [0.5, 0.6) is 0 Å². The zero-order valence-electron chi connectivity index (χ0n) is 14.5. The molecule has 6 heteroatoms. The van der Waals surface area contributed by atoms with E-state index < -0.39 is 23.9 Å². The second kappa shape index (κ2) is 8.55. The van der Waals surface area contributed by atoms with Crippen LogP contribution in [-0.4, -0.2) is 23.9 Å². The number of carbonyl (C=O) groups is 4. The number of benzene rings is 3. The van der Waals surface area contributed by atoms with E-state index in [1.165, 1.54) is 48.5 Å². The maximum absolute atomic E-state index is 12.2. The summed E-state index contributed by atoms with van der Waals surface area (Å²) in [5, 5.41) is 0. The van der Waals surface area contributed by atoms with Gasteiger partial charge in [-0.25, -0.2) is 19.2 Å². The summed E-state index contributed by atoms with van der Waals surface area (Å²) in [5.41, 5.74) is 0.400. The third-order valence-electron chi connectivity index (χ3n) is 3.72. The molecule has 0 aliphatic rings. The highest BCUT2D eigenvalue weighted by molar-refractivity contribution is 6.05. The molecule has 3 rings (SSSR count). The Morgan fingerprint density at radius 1 is 0.429 bits per heavy atom. The fourth-order valence-corrected chi connectivity index (χ4v) is 2.33. The fourth-order valence-electron chi connectivity index (χ4n) is 2.33. The molecule has 0 heterocycles. The van der Waals surface area contributed by atoms with Crippen LogP contribution < -0.4 is 0 Å².